The van der Waals surface area contributed by atoms with Crippen LogP contribution in [0.1, 0.15) is 102 Å². The first-order valence-corrected chi connectivity index (χ1v) is 18.3. The number of anilines is 1. The minimum atomic E-state index is -4.13. The van der Waals surface area contributed by atoms with Gasteiger partial charge in [-0.2, -0.15) is 0 Å². The van der Waals surface area contributed by atoms with Crippen LogP contribution in [0, 0.1) is 11.8 Å². The highest BCUT2D eigenvalue weighted by molar-refractivity contribution is 7.90. The number of urea groups is 1. The van der Waals surface area contributed by atoms with Crippen LogP contribution in [-0.2, 0) is 20.0 Å². The molecule has 254 valence electrons. The molecule has 0 radical (unpaired) electrons. The number of carbonyl (C=O) groups is 1. The normalized spacial score (nSPS) is 13.4. The second kappa shape index (κ2) is 16.2. The van der Waals surface area contributed by atoms with Crippen LogP contribution in [0.4, 0.5) is 10.5 Å². The van der Waals surface area contributed by atoms with Gasteiger partial charge in [0.2, 0.25) is 10.0 Å². The summed E-state index contributed by atoms with van der Waals surface area (Å²) in [4.78, 5) is 12.6. The second-order valence-corrected chi connectivity index (χ2v) is 16.1. The van der Waals surface area contributed by atoms with Crippen LogP contribution in [0.2, 0.25) is 5.02 Å². The van der Waals surface area contributed by atoms with E-state index in [9.17, 15) is 31.8 Å². The molecule has 0 aliphatic carbocycles. The Labute approximate surface area is 278 Å². The van der Waals surface area contributed by atoms with Crippen molar-refractivity contribution in [3.05, 3.63) is 87.9 Å². The molecule has 2 unspecified atom stereocenters. The van der Waals surface area contributed by atoms with Crippen LogP contribution in [-0.4, -0.2) is 33.1 Å². The van der Waals surface area contributed by atoms with E-state index < -0.39 is 38.3 Å². The number of benzene rings is 3. The molecule has 3 rings (SSSR count). The number of hydrogen-bond donors (Lipinski definition) is 5. The number of aliphatic hydroxyl groups is 2. The van der Waals surface area contributed by atoms with Crippen LogP contribution in [0.5, 0.6) is 0 Å². The van der Waals surface area contributed by atoms with E-state index in [1.54, 1.807) is 36.4 Å². The molecule has 13 heteroatoms. The fourth-order valence-electron chi connectivity index (χ4n) is 4.54. The summed E-state index contributed by atoms with van der Waals surface area (Å²) in [5.41, 5.74) is 3.25. The Morgan fingerprint density at radius 3 is 1.52 bits per heavy atom. The first kappa shape index (κ1) is 39.2. The van der Waals surface area contributed by atoms with Gasteiger partial charge in [-0.15, -0.1) is 0 Å². The quantitative estimate of drug-likeness (QED) is 0.155. The molecule has 0 saturated heterocycles. The fourth-order valence-corrected chi connectivity index (χ4v) is 6.30. The van der Waals surface area contributed by atoms with Crippen molar-refractivity contribution in [3.63, 3.8) is 0 Å². The number of rotatable bonds is 10. The van der Waals surface area contributed by atoms with Gasteiger partial charge < -0.3 is 15.5 Å². The van der Waals surface area contributed by atoms with Gasteiger partial charge in [-0.05, 0) is 82.3 Å². The smallest absolute Gasteiger partial charge is 0.333 e. The van der Waals surface area contributed by atoms with E-state index in [2.05, 4.69) is 10.0 Å². The lowest BCUT2D eigenvalue weighted by Crippen LogP contribution is -2.35. The van der Waals surface area contributed by atoms with Gasteiger partial charge in [0.15, 0.2) is 0 Å². The van der Waals surface area contributed by atoms with Crippen molar-refractivity contribution in [3.8, 4) is 0 Å². The molecule has 0 aliphatic heterocycles. The van der Waals surface area contributed by atoms with Crippen LogP contribution in [0.15, 0.2) is 70.5 Å². The summed E-state index contributed by atoms with van der Waals surface area (Å²) < 4.78 is 49.8. The van der Waals surface area contributed by atoms with E-state index >= 15 is 0 Å². The van der Waals surface area contributed by atoms with Crippen molar-refractivity contribution < 1.29 is 31.8 Å². The average Bonchev–Trinajstić information content (AvgIpc) is 2.96. The van der Waals surface area contributed by atoms with Crippen LogP contribution in [0.25, 0.3) is 0 Å². The third kappa shape index (κ3) is 10.8. The SMILES string of the molecule is CC(C)C(O)c1cccc(S(N)(=O)=O)c1.CC(C)c1cc(Cl)cc(C(C)C)c1NC(=O)NS(=O)(=O)c1cccc(C(O)C(C)C)c1. The molecule has 0 fully saturated rings. The number of nitrogens with one attached hydrogen (secondary N) is 2. The summed E-state index contributed by atoms with van der Waals surface area (Å²) in [5, 5.41) is 28.3. The highest BCUT2D eigenvalue weighted by Gasteiger charge is 2.23. The van der Waals surface area contributed by atoms with Gasteiger partial charge in [0.25, 0.3) is 10.0 Å². The largest absolute Gasteiger partial charge is 0.388 e. The number of aliphatic hydroxyl groups excluding tert-OH is 2. The van der Waals surface area contributed by atoms with E-state index in [0.717, 1.165) is 11.1 Å². The molecule has 0 aliphatic rings. The third-order valence-electron chi connectivity index (χ3n) is 7.17. The molecular weight excluding hydrogens is 650 g/mol. The van der Waals surface area contributed by atoms with Crippen molar-refractivity contribution in [2.75, 3.05) is 5.32 Å². The summed E-state index contributed by atoms with van der Waals surface area (Å²) in [7, 11) is -7.83. The topological polar surface area (TPSA) is 176 Å². The Morgan fingerprint density at radius 2 is 1.13 bits per heavy atom. The minimum Gasteiger partial charge on any atom is -0.388 e. The number of amides is 2. The first-order valence-electron chi connectivity index (χ1n) is 14.9. The predicted octanol–water partition coefficient (Wildman–Crippen LogP) is 6.81. The highest BCUT2D eigenvalue weighted by atomic mass is 35.5. The zero-order valence-electron chi connectivity index (χ0n) is 27.4. The molecule has 2 atom stereocenters. The maximum Gasteiger partial charge on any atom is 0.333 e. The van der Waals surface area contributed by atoms with Crippen molar-refractivity contribution >= 4 is 43.4 Å². The number of sulfonamides is 2. The van der Waals surface area contributed by atoms with Crippen molar-refractivity contribution in [2.45, 2.75) is 89.2 Å². The van der Waals surface area contributed by atoms with E-state index in [1.807, 2.05) is 55.4 Å². The molecule has 3 aromatic rings. The summed E-state index contributed by atoms with van der Waals surface area (Å²) in [5.74, 6) is 0.0818. The summed E-state index contributed by atoms with van der Waals surface area (Å²) in [6.07, 6.45) is -1.48. The zero-order chi connectivity index (χ0) is 35.1. The molecule has 0 aromatic heterocycles. The van der Waals surface area contributed by atoms with Gasteiger partial charge in [0.1, 0.15) is 0 Å². The van der Waals surface area contributed by atoms with E-state index in [1.165, 1.54) is 24.3 Å². The monoisotopic (exact) mass is 695 g/mol. The van der Waals surface area contributed by atoms with Gasteiger partial charge in [-0.3, -0.25) is 0 Å². The lowest BCUT2D eigenvalue weighted by Gasteiger charge is -2.21. The molecule has 3 aromatic carbocycles. The first-order chi connectivity index (χ1) is 21.1. The Hall–Kier alpha value is -3.00. The van der Waals surface area contributed by atoms with Crippen molar-refractivity contribution in [1.29, 1.82) is 0 Å². The summed E-state index contributed by atoms with van der Waals surface area (Å²) in [6.45, 7) is 15.3. The molecule has 0 heterocycles. The molecule has 10 nitrogen and oxygen atoms in total. The molecule has 0 bridgehead atoms. The molecule has 6 N–H and O–H groups in total. The number of nitrogens with two attached hydrogens (primary N) is 1. The zero-order valence-corrected chi connectivity index (χ0v) is 29.8. The second-order valence-electron chi connectivity index (χ2n) is 12.4. The maximum absolute atomic E-state index is 12.8. The number of hydrogen-bond acceptors (Lipinski definition) is 7. The molecule has 0 spiro atoms. The van der Waals surface area contributed by atoms with E-state index in [4.69, 9.17) is 16.7 Å². The Balaban J connectivity index is 0.000000410. The molecular formula is C33H46ClN3O7S2. The Bertz CT molecular complexity index is 1700. The van der Waals surface area contributed by atoms with Crippen LogP contribution < -0.4 is 15.2 Å². The van der Waals surface area contributed by atoms with Crippen molar-refractivity contribution in [2.24, 2.45) is 17.0 Å². The van der Waals surface area contributed by atoms with E-state index in [-0.39, 0.29) is 33.5 Å². The average molecular weight is 696 g/mol. The lowest BCUT2D eigenvalue weighted by atomic mass is 9.92. The highest BCUT2D eigenvalue weighted by Crippen LogP contribution is 2.35. The molecule has 46 heavy (non-hydrogen) atoms. The van der Waals surface area contributed by atoms with Gasteiger partial charge in [0, 0.05) is 10.7 Å². The lowest BCUT2D eigenvalue weighted by molar-refractivity contribution is 0.126. The van der Waals surface area contributed by atoms with Crippen LogP contribution >= 0.6 is 11.6 Å². The molecule has 0 saturated carbocycles. The summed E-state index contributed by atoms with van der Waals surface area (Å²) in [6, 6.07) is 14.7. The van der Waals surface area contributed by atoms with Gasteiger partial charge in [0.05, 0.1) is 22.0 Å². The Kier molecular flexibility index (Phi) is 13.8. The van der Waals surface area contributed by atoms with Gasteiger partial charge >= 0.3 is 6.03 Å². The Morgan fingerprint density at radius 1 is 0.717 bits per heavy atom. The number of carbonyl (C=O) groups excluding carboxylic acids is 1. The number of primary sulfonamides is 1. The standard InChI is InChI=1S/C23H31ClN2O4S.C10H15NO3S/c1-13(2)19-11-17(24)12-20(14(3)4)21(19)25-23(28)26-31(29,30)18-9-7-8-16(10-18)22(27)15(5)6;1-7(2)10(12)8-4-3-5-9(6-8)15(11,13)14/h7-15,22,27H,1-6H3,(H2,25,26,28);3-7,10,12H,1-2H3,(H2,11,13,14). The third-order valence-corrected chi connectivity index (χ3v) is 9.63. The predicted molar refractivity (Wildman–Crippen MR) is 183 cm³/mol. The van der Waals surface area contributed by atoms with Gasteiger partial charge in [-0.25, -0.2) is 31.5 Å². The van der Waals surface area contributed by atoms with E-state index in [0.29, 0.717) is 21.8 Å². The van der Waals surface area contributed by atoms with Crippen LogP contribution in [0.3, 0.4) is 0 Å². The minimum absolute atomic E-state index is 0.0275. The maximum atomic E-state index is 12.8. The number of halogens is 1. The fraction of sp³-hybridized carbons (Fsp3) is 0.424. The van der Waals surface area contributed by atoms with Crippen molar-refractivity contribution in [1.82, 2.24) is 4.72 Å². The van der Waals surface area contributed by atoms with Gasteiger partial charge in [-0.1, -0.05) is 91.3 Å². The summed E-state index contributed by atoms with van der Waals surface area (Å²) >= 11 is 6.25. The molecule has 2 amide bonds.